The summed E-state index contributed by atoms with van der Waals surface area (Å²) < 4.78 is 0. The van der Waals surface area contributed by atoms with Crippen LogP contribution in [0.4, 0.5) is 5.69 Å². The Hall–Kier alpha value is -1.07. The first-order valence-electron chi connectivity index (χ1n) is 9.31. The van der Waals surface area contributed by atoms with Crippen molar-refractivity contribution in [3.8, 4) is 0 Å². The van der Waals surface area contributed by atoms with Gasteiger partial charge in [0.2, 0.25) is 0 Å². The van der Waals surface area contributed by atoms with Crippen molar-refractivity contribution in [3.05, 3.63) is 30.3 Å². The third-order valence-corrected chi connectivity index (χ3v) is 5.13. The van der Waals surface area contributed by atoms with E-state index in [4.69, 9.17) is 15.8 Å². The van der Waals surface area contributed by atoms with Crippen LogP contribution in [0.15, 0.2) is 30.3 Å². The molecule has 168 valence electrons. The SMILES string of the molecule is Cl.Cl.NC(CCCCB(O)O)(CCN1CCN(c2ccccc2)CC1)C(=O)O.O. The molecule has 0 amide bonds. The molecule has 1 atom stereocenters. The molecule has 8 nitrogen and oxygen atoms in total. The zero-order valence-corrected chi connectivity index (χ0v) is 18.2. The van der Waals surface area contributed by atoms with Crippen molar-refractivity contribution in [2.45, 2.75) is 37.5 Å². The van der Waals surface area contributed by atoms with Gasteiger partial charge in [0.1, 0.15) is 5.54 Å². The van der Waals surface area contributed by atoms with Crippen LogP contribution in [0.2, 0.25) is 6.32 Å². The van der Waals surface area contributed by atoms with Crippen LogP contribution in [-0.4, -0.2) is 76.9 Å². The number of hydrogen-bond donors (Lipinski definition) is 4. The summed E-state index contributed by atoms with van der Waals surface area (Å²) in [7, 11) is -1.34. The minimum Gasteiger partial charge on any atom is -0.480 e. The number of carbonyl (C=O) groups is 1. The van der Waals surface area contributed by atoms with E-state index in [0.29, 0.717) is 32.2 Å². The average molecular weight is 454 g/mol. The Morgan fingerprint density at radius 2 is 1.62 bits per heavy atom. The van der Waals surface area contributed by atoms with E-state index in [2.05, 4.69) is 21.9 Å². The summed E-state index contributed by atoms with van der Waals surface area (Å²) in [5.74, 6) is -0.982. The minimum atomic E-state index is -1.34. The van der Waals surface area contributed by atoms with Crippen molar-refractivity contribution < 1.29 is 25.4 Å². The van der Waals surface area contributed by atoms with E-state index in [1.807, 2.05) is 18.2 Å². The van der Waals surface area contributed by atoms with Crippen molar-refractivity contribution in [3.63, 3.8) is 0 Å². The third-order valence-electron chi connectivity index (χ3n) is 5.13. The Bertz CT molecular complexity index is 566. The number of benzene rings is 1. The molecule has 11 heteroatoms. The van der Waals surface area contributed by atoms with E-state index in [9.17, 15) is 9.90 Å². The summed E-state index contributed by atoms with van der Waals surface area (Å²) in [6.07, 6.45) is 2.12. The Kier molecular flexibility index (Phi) is 15.4. The van der Waals surface area contributed by atoms with Crippen LogP contribution >= 0.6 is 24.8 Å². The largest absolute Gasteiger partial charge is 0.480 e. The number of nitrogens with zero attached hydrogens (tertiary/aromatic N) is 2. The van der Waals surface area contributed by atoms with E-state index in [1.54, 1.807) is 0 Å². The average Bonchev–Trinajstić information content (AvgIpc) is 2.64. The summed E-state index contributed by atoms with van der Waals surface area (Å²) in [6, 6.07) is 10.3. The topological polar surface area (TPSA) is 142 Å². The summed E-state index contributed by atoms with van der Waals surface area (Å²) in [5.41, 5.74) is 6.10. The van der Waals surface area contributed by atoms with Gasteiger partial charge in [-0.1, -0.05) is 31.0 Å². The van der Waals surface area contributed by atoms with Crippen LogP contribution < -0.4 is 10.6 Å². The number of nitrogens with two attached hydrogens (primary N) is 1. The molecule has 0 bridgehead atoms. The Labute approximate surface area is 185 Å². The molecule has 0 spiro atoms. The fraction of sp³-hybridized carbons (Fsp3) is 0.611. The predicted molar refractivity (Wildman–Crippen MR) is 121 cm³/mol. The van der Waals surface area contributed by atoms with Crippen LogP contribution in [0.5, 0.6) is 0 Å². The highest BCUT2D eigenvalue weighted by Gasteiger charge is 2.34. The fourth-order valence-corrected chi connectivity index (χ4v) is 3.33. The molecule has 1 aromatic carbocycles. The van der Waals surface area contributed by atoms with Gasteiger partial charge in [-0.05, 0) is 31.3 Å². The number of carboxylic acids is 1. The van der Waals surface area contributed by atoms with Gasteiger partial charge in [-0.15, -0.1) is 24.8 Å². The van der Waals surface area contributed by atoms with E-state index >= 15 is 0 Å². The number of para-hydroxylation sites is 1. The molecule has 1 unspecified atom stereocenters. The number of anilines is 1. The van der Waals surface area contributed by atoms with E-state index < -0.39 is 18.6 Å². The molecule has 1 aliphatic heterocycles. The molecular weight excluding hydrogens is 420 g/mol. The lowest BCUT2D eigenvalue weighted by atomic mass is 9.81. The highest BCUT2D eigenvalue weighted by atomic mass is 35.5. The molecule has 0 saturated carbocycles. The van der Waals surface area contributed by atoms with Crippen molar-refractivity contribution >= 4 is 43.6 Å². The highest BCUT2D eigenvalue weighted by molar-refractivity contribution is 6.40. The van der Waals surface area contributed by atoms with E-state index in [-0.39, 0.29) is 36.6 Å². The summed E-state index contributed by atoms with van der Waals surface area (Å²) in [6.45, 7) is 4.28. The van der Waals surface area contributed by atoms with Gasteiger partial charge in [0.05, 0.1) is 0 Å². The molecule has 0 aromatic heterocycles. The molecule has 1 saturated heterocycles. The lowest BCUT2D eigenvalue weighted by Gasteiger charge is -2.37. The monoisotopic (exact) mass is 453 g/mol. The van der Waals surface area contributed by atoms with Gasteiger partial charge in [0.25, 0.3) is 0 Å². The Morgan fingerprint density at radius 3 is 2.14 bits per heavy atom. The van der Waals surface area contributed by atoms with Gasteiger partial charge in [-0.25, -0.2) is 0 Å². The van der Waals surface area contributed by atoms with Crippen molar-refractivity contribution in [2.75, 3.05) is 37.6 Å². The molecule has 7 N–H and O–H groups in total. The molecule has 0 aliphatic carbocycles. The lowest BCUT2D eigenvalue weighted by Crippen LogP contribution is -2.52. The highest BCUT2D eigenvalue weighted by Crippen LogP contribution is 2.20. The van der Waals surface area contributed by atoms with Gasteiger partial charge < -0.3 is 31.3 Å². The first-order valence-corrected chi connectivity index (χ1v) is 9.31. The van der Waals surface area contributed by atoms with Gasteiger partial charge in [-0.3, -0.25) is 9.69 Å². The second kappa shape index (κ2) is 14.8. The first kappa shape index (κ1) is 30.1. The maximum absolute atomic E-state index is 11.6. The Morgan fingerprint density at radius 1 is 1.03 bits per heavy atom. The van der Waals surface area contributed by atoms with Crippen LogP contribution in [0.1, 0.15) is 25.7 Å². The van der Waals surface area contributed by atoms with Crippen LogP contribution in [0.3, 0.4) is 0 Å². The van der Waals surface area contributed by atoms with Crippen LogP contribution in [-0.2, 0) is 4.79 Å². The second-order valence-electron chi connectivity index (χ2n) is 7.10. The molecule has 0 radical (unpaired) electrons. The molecule has 1 aromatic rings. The van der Waals surface area contributed by atoms with Crippen molar-refractivity contribution in [1.29, 1.82) is 0 Å². The normalized spacial score (nSPS) is 15.9. The third kappa shape index (κ3) is 9.99. The van der Waals surface area contributed by atoms with Gasteiger partial charge in [0, 0.05) is 38.4 Å². The van der Waals surface area contributed by atoms with Crippen molar-refractivity contribution in [2.24, 2.45) is 5.73 Å². The second-order valence-corrected chi connectivity index (χ2v) is 7.10. The number of rotatable bonds is 10. The quantitative estimate of drug-likeness (QED) is 0.300. The standard InChI is InChI=1S/C18H30BN3O4.2ClH.H2O/c20-18(17(23)24,8-4-5-10-19(25)26)9-11-21-12-14-22(15-13-21)16-6-2-1-3-7-16;;;/h1-3,6-7,25-26H,4-5,8-15,20H2,(H,23,24);2*1H;1H2. The minimum absolute atomic E-state index is 0. The number of halogens is 2. The van der Waals surface area contributed by atoms with E-state index in [1.165, 1.54) is 5.69 Å². The predicted octanol–water partition coefficient (Wildman–Crippen LogP) is 0.643. The van der Waals surface area contributed by atoms with Gasteiger partial charge in [-0.2, -0.15) is 0 Å². The van der Waals surface area contributed by atoms with Crippen molar-refractivity contribution in [1.82, 2.24) is 4.90 Å². The number of aliphatic carboxylic acids is 1. The Balaban J connectivity index is 0. The van der Waals surface area contributed by atoms with Gasteiger partial charge >= 0.3 is 13.1 Å². The first-order chi connectivity index (χ1) is 12.4. The number of hydrogen-bond acceptors (Lipinski definition) is 6. The maximum atomic E-state index is 11.6. The zero-order chi connectivity index (χ0) is 19.0. The fourth-order valence-electron chi connectivity index (χ4n) is 3.33. The molecular formula is C18H34BCl2N3O5. The van der Waals surface area contributed by atoms with E-state index in [0.717, 1.165) is 26.2 Å². The molecule has 1 fully saturated rings. The van der Waals surface area contributed by atoms with Crippen LogP contribution in [0, 0.1) is 0 Å². The van der Waals surface area contributed by atoms with Gasteiger partial charge in [0.15, 0.2) is 0 Å². The molecule has 29 heavy (non-hydrogen) atoms. The maximum Gasteiger partial charge on any atom is 0.451 e. The summed E-state index contributed by atoms with van der Waals surface area (Å²) >= 11 is 0. The van der Waals surface area contributed by atoms with Crippen LogP contribution in [0.25, 0.3) is 0 Å². The summed E-state index contributed by atoms with van der Waals surface area (Å²) in [5, 5.41) is 27.2. The number of piperazine rings is 1. The molecule has 1 aliphatic rings. The zero-order valence-electron chi connectivity index (χ0n) is 16.6. The molecule has 1 heterocycles. The smallest absolute Gasteiger partial charge is 0.451 e. The summed E-state index contributed by atoms with van der Waals surface area (Å²) in [4.78, 5) is 16.2. The molecule has 2 rings (SSSR count). The number of unbranched alkanes of at least 4 members (excludes halogenated alkanes) is 1. The lowest BCUT2D eigenvalue weighted by molar-refractivity contribution is -0.144. The number of carboxylic acid groups (broad SMARTS) is 1.